The van der Waals surface area contributed by atoms with Gasteiger partial charge in [0, 0.05) is 6.08 Å². The van der Waals surface area contributed by atoms with Gasteiger partial charge in [-0.2, -0.15) is 0 Å². The molecule has 11 heavy (non-hydrogen) atoms. The molecule has 0 bridgehead atoms. The first-order valence-corrected chi connectivity index (χ1v) is 4.26. The summed E-state index contributed by atoms with van der Waals surface area (Å²) in [5.41, 5.74) is 1.15. The van der Waals surface area contributed by atoms with Gasteiger partial charge in [0.05, 0.1) is 5.03 Å². The normalized spacial score (nSPS) is 17.5. The van der Waals surface area contributed by atoms with E-state index in [0.29, 0.717) is 0 Å². The lowest BCUT2D eigenvalue weighted by atomic mass is 10.4. The summed E-state index contributed by atoms with van der Waals surface area (Å²) in [5, 5.41) is 3.74. The van der Waals surface area contributed by atoms with Gasteiger partial charge in [0.2, 0.25) is 5.91 Å². The first-order valence-electron chi connectivity index (χ1n) is 3.44. The largest absolute Gasteiger partial charge is 0.317 e. The van der Waals surface area contributed by atoms with Crippen molar-refractivity contribution >= 4 is 17.7 Å². The first kappa shape index (κ1) is 8.40. The van der Waals surface area contributed by atoms with Crippen LogP contribution in [-0.4, -0.2) is 5.91 Å². The SMILES string of the molecule is CC1=CC(=O)NC(=C(C)C)S1. The molecule has 0 aromatic rings. The molecule has 0 saturated carbocycles. The molecule has 1 heterocycles. The van der Waals surface area contributed by atoms with Crippen LogP contribution in [0.4, 0.5) is 0 Å². The predicted molar refractivity (Wildman–Crippen MR) is 47.9 cm³/mol. The van der Waals surface area contributed by atoms with Crippen LogP contribution in [-0.2, 0) is 4.79 Å². The molecular formula is C8H11NOS. The molecule has 0 saturated heterocycles. The molecule has 3 heteroatoms. The van der Waals surface area contributed by atoms with Gasteiger partial charge >= 0.3 is 0 Å². The van der Waals surface area contributed by atoms with Crippen LogP contribution in [0.15, 0.2) is 21.6 Å². The van der Waals surface area contributed by atoms with Crippen molar-refractivity contribution < 1.29 is 4.79 Å². The van der Waals surface area contributed by atoms with Gasteiger partial charge in [0.1, 0.15) is 0 Å². The number of hydrogen-bond donors (Lipinski definition) is 1. The molecular weight excluding hydrogens is 158 g/mol. The zero-order chi connectivity index (χ0) is 8.43. The Hall–Kier alpha value is -0.700. The third kappa shape index (κ3) is 2.12. The highest BCUT2D eigenvalue weighted by Crippen LogP contribution is 2.27. The fourth-order valence-corrected chi connectivity index (χ4v) is 1.62. The van der Waals surface area contributed by atoms with Crippen LogP contribution < -0.4 is 5.32 Å². The highest BCUT2D eigenvalue weighted by molar-refractivity contribution is 8.06. The minimum absolute atomic E-state index is 0.0163. The van der Waals surface area contributed by atoms with Crippen molar-refractivity contribution in [3.63, 3.8) is 0 Å². The van der Waals surface area contributed by atoms with Crippen LogP contribution in [0.2, 0.25) is 0 Å². The number of amides is 1. The molecule has 0 spiro atoms. The Morgan fingerprint density at radius 3 is 2.64 bits per heavy atom. The van der Waals surface area contributed by atoms with Gasteiger partial charge < -0.3 is 5.32 Å². The van der Waals surface area contributed by atoms with E-state index in [2.05, 4.69) is 5.32 Å². The highest BCUT2D eigenvalue weighted by atomic mass is 32.2. The maximum absolute atomic E-state index is 11.0. The summed E-state index contributed by atoms with van der Waals surface area (Å²) in [5.74, 6) is -0.0163. The van der Waals surface area contributed by atoms with E-state index in [-0.39, 0.29) is 5.91 Å². The van der Waals surface area contributed by atoms with Crippen molar-refractivity contribution in [2.45, 2.75) is 20.8 Å². The Labute approximate surface area is 70.7 Å². The number of thioether (sulfide) groups is 1. The molecule has 0 unspecified atom stereocenters. The average molecular weight is 169 g/mol. The minimum Gasteiger partial charge on any atom is -0.317 e. The molecule has 0 aliphatic carbocycles. The maximum Gasteiger partial charge on any atom is 0.249 e. The zero-order valence-electron chi connectivity index (χ0n) is 6.89. The molecule has 0 fully saturated rings. The fraction of sp³-hybridized carbons (Fsp3) is 0.375. The molecule has 0 aromatic carbocycles. The van der Waals surface area contributed by atoms with Gasteiger partial charge in [-0.15, -0.1) is 0 Å². The van der Waals surface area contributed by atoms with E-state index in [1.165, 1.54) is 0 Å². The Kier molecular flexibility index (Phi) is 2.39. The summed E-state index contributed by atoms with van der Waals surface area (Å²) < 4.78 is 0. The van der Waals surface area contributed by atoms with Crippen molar-refractivity contribution in [1.82, 2.24) is 5.32 Å². The summed E-state index contributed by atoms with van der Waals surface area (Å²) in [6.07, 6.45) is 1.61. The first-order chi connectivity index (χ1) is 5.09. The van der Waals surface area contributed by atoms with E-state index < -0.39 is 0 Å². The van der Waals surface area contributed by atoms with Gasteiger partial charge in [-0.1, -0.05) is 11.8 Å². The molecule has 1 rings (SSSR count). The Morgan fingerprint density at radius 2 is 2.18 bits per heavy atom. The number of carbonyl (C=O) groups excluding carboxylic acids is 1. The summed E-state index contributed by atoms with van der Waals surface area (Å²) in [6, 6.07) is 0. The number of allylic oxidation sites excluding steroid dienone is 2. The fourth-order valence-electron chi connectivity index (χ4n) is 0.776. The number of nitrogens with one attached hydrogen (secondary N) is 1. The molecule has 1 aliphatic heterocycles. The van der Waals surface area contributed by atoms with Crippen LogP contribution in [0.5, 0.6) is 0 Å². The number of hydrogen-bond acceptors (Lipinski definition) is 2. The molecule has 0 radical (unpaired) electrons. The van der Waals surface area contributed by atoms with Crippen LogP contribution in [0, 0.1) is 0 Å². The van der Waals surface area contributed by atoms with E-state index in [1.807, 2.05) is 20.8 Å². The van der Waals surface area contributed by atoms with Gasteiger partial charge in [-0.25, -0.2) is 0 Å². The molecule has 1 aliphatic rings. The van der Waals surface area contributed by atoms with E-state index >= 15 is 0 Å². The Bertz CT molecular complexity index is 249. The maximum atomic E-state index is 11.0. The van der Waals surface area contributed by atoms with Gasteiger partial charge in [0.15, 0.2) is 0 Å². The topological polar surface area (TPSA) is 29.1 Å². The summed E-state index contributed by atoms with van der Waals surface area (Å²) in [7, 11) is 0. The van der Waals surface area contributed by atoms with Crippen molar-refractivity contribution in [3.05, 3.63) is 21.6 Å². The third-order valence-corrected chi connectivity index (χ3v) is 2.44. The van der Waals surface area contributed by atoms with Crippen molar-refractivity contribution in [3.8, 4) is 0 Å². The van der Waals surface area contributed by atoms with Gasteiger partial charge in [-0.3, -0.25) is 4.79 Å². The van der Waals surface area contributed by atoms with E-state index in [0.717, 1.165) is 15.5 Å². The van der Waals surface area contributed by atoms with Crippen molar-refractivity contribution in [2.75, 3.05) is 0 Å². The quantitative estimate of drug-likeness (QED) is 0.601. The van der Waals surface area contributed by atoms with E-state index in [1.54, 1.807) is 17.8 Å². The van der Waals surface area contributed by atoms with Crippen LogP contribution in [0.3, 0.4) is 0 Å². The lowest BCUT2D eigenvalue weighted by molar-refractivity contribution is -0.115. The van der Waals surface area contributed by atoms with Gasteiger partial charge in [0.25, 0.3) is 0 Å². The molecule has 0 atom stereocenters. The van der Waals surface area contributed by atoms with Crippen LogP contribution in [0.25, 0.3) is 0 Å². The molecule has 1 N–H and O–H groups in total. The van der Waals surface area contributed by atoms with Crippen LogP contribution in [0.1, 0.15) is 20.8 Å². The lowest BCUT2D eigenvalue weighted by Crippen LogP contribution is -2.22. The highest BCUT2D eigenvalue weighted by Gasteiger charge is 2.11. The van der Waals surface area contributed by atoms with E-state index in [4.69, 9.17) is 0 Å². The molecule has 1 amide bonds. The van der Waals surface area contributed by atoms with Crippen LogP contribution >= 0.6 is 11.8 Å². The molecule has 2 nitrogen and oxygen atoms in total. The second-order valence-electron chi connectivity index (χ2n) is 2.68. The van der Waals surface area contributed by atoms with E-state index in [9.17, 15) is 4.79 Å². The minimum atomic E-state index is -0.0163. The zero-order valence-corrected chi connectivity index (χ0v) is 7.71. The standard InChI is InChI=1S/C8H11NOS/c1-5(2)8-9-7(10)4-6(3)11-8/h4H,1-3H3,(H,9,10). The Morgan fingerprint density at radius 1 is 1.55 bits per heavy atom. The number of rotatable bonds is 0. The van der Waals surface area contributed by atoms with Crippen molar-refractivity contribution in [2.24, 2.45) is 0 Å². The summed E-state index contributed by atoms with van der Waals surface area (Å²) in [6.45, 7) is 5.91. The second-order valence-corrected chi connectivity index (χ2v) is 3.93. The third-order valence-electron chi connectivity index (χ3n) is 1.29. The molecule has 60 valence electrons. The number of carbonyl (C=O) groups is 1. The smallest absolute Gasteiger partial charge is 0.249 e. The van der Waals surface area contributed by atoms with Gasteiger partial charge in [-0.05, 0) is 31.2 Å². The van der Waals surface area contributed by atoms with Crippen molar-refractivity contribution in [1.29, 1.82) is 0 Å². The summed E-state index contributed by atoms with van der Waals surface area (Å²) >= 11 is 1.61. The molecule has 0 aromatic heterocycles. The monoisotopic (exact) mass is 169 g/mol. The summed E-state index contributed by atoms with van der Waals surface area (Å²) in [4.78, 5) is 12.0. The average Bonchev–Trinajstić information content (AvgIpc) is 1.85. The predicted octanol–water partition coefficient (Wildman–Crippen LogP) is 2.00. The lowest BCUT2D eigenvalue weighted by Gasteiger charge is -2.14. The Balaban J connectivity index is 2.89. The second kappa shape index (κ2) is 3.13.